The smallest absolute Gasteiger partial charge is 0.399 e. The molecule has 0 heterocycles. The lowest BCUT2D eigenvalue weighted by Crippen LogP contribution is -2.09. The van der Waals surface area contributed by atoms with Crippen molar-refractivity contribution in [2.24, 2.45) is 5.73 Å². The van der Waals surface area contributed by atoms with Crippen LogP contribution in [0.2, 0.25) is 0 Å². The van der Waals surface area contributed by atoms with E-state index in [0.717, 1.165) is 37.3 Å². The van der Waals surface area contributed by atoms with Gasteiger partial charge in [-0.3, -0.25) is 0 Å². The number of allylic oxidation sites excluding steroid dienone is 2. The van der Waals surface area contributed by atoms with Gasteiger partial charge in [-0.2, -0.15) is 13.2 Å². The van der Waals surface area contributed by atoms with Gasteiger partial charge in [0.1, 0.15) is 0 Å². The fraction of sp³-hybridized carbons (Fsp3) is 0.294. The van der Waals surface area contributed by atoms with Gasteiger partial charge < -0.3 is 5.73 Å². The van der Waals surface area contributed by atoms with E-state index in [0.29, 0.717) is 0 Å². The molecular weight excluding hydrogens is 275 g/mol. The molecule has 0 radical (unpaired) electrons. The summed E-state index contributed by atoms with van der Waals surface area (Å²) in [5, 5.41) is 0. The molecule has 2 rings (SSSR count). The molecule has 1 aliphatic rings. The van der Waals surface area contributed by atoms with Crippen molar-refractivity contribution in [1.29, 1.82) is 0 Å². The monoisotopic (exact) mass is 291 g/mol. The van der Waals surface area contributed by atoms with Crippen molar-refractivity contribution >= 4 is 5.70 Å². The molecule has 0 unspecified atom stereocenters. The zero-order chi connectivity index (χ0) is 15.5. The van der Waals surface area contributed by atoms with Gasteiger partial charge in [0.2, 0.25) is 0 Å². The molecule has 110 valence electrons. The first-order valence-corrected chi connectivity index (χ1v) is 6.75. The number of nitrogens with two attached hydrogens (primary N) is 1. The molecule has 0 atom stereocenters. The summed E-state index contributed by atoms with van der Waals surface area (Å²) in [4.78, 5) is 0. The van der Waals surface area contributed by atoms with Crippen molar-refractivity contribution in [3.8, 4) is 11.8 Å². The number of alkyl halides is 3. The minimum atomic E-state index is -4.46. The lowest BCUT2D eigenvalue weighted by atomic mass is 9.98. The maximum Gasteiger partial charge on any atom is 0.417 e. The van der Waals surface area contributed by atoms with Gasteiger partial charge in [-0.05, 0) is 49.0 Å². The van der Waals surface area contributed by atoms with E-state index in [-0.39, 0.29) is 16.8 Å². The Morgan fingerprint density at radius 1 is 1.19 bits per heavy atom. The van der Waals surface area contributed by atoms with E-state index in [2.05, 4.69) is 18.4 Å². The Kier molecular flexibility index (Phi) is 4.42. The molecule has 0 saturated carbocycles. The molecule has 0 spiro atoms. The summed E-state index contributed by atoms with van der Waals surface area (Å²) < 4.78 is 39.3. The Morgan fingerprint density at radius 3 is 2.52 bits per heavy atom. The minimum absolute atomic E-state index is 0.0287. The molecule has 1 aromatic carbocycles. The highest BCUT2D eigenvalue weighted by molar-refractivity contribution is 5.63. The minimum Gasteiger partial charge on any atom is -0.399 e. The van der Waals surface area contributed by atoms with Gasteiger partial charge in [-0.15, -0.1) is 0 Å². The van der Waals surface area contributed by atoms with Crippen molar-refractivity contribution in [3.63, 3.8) is 0 Å². The van der Waals surface area contributed by atoms with Gasteiger partial charge in [0, 0.05) is 11.3 Å². The third-order valence-corrected chi connectivity index (χ3v) is 3.34. The molecule has 0 fully saturated rings. The summed E-state index contributed by atoms with van der Waals surface area (Å²) in [6.45, 7) is 3.46. The Morgan fingerprint density at radius 2 is 1.95 bits per heavy atom. The first-order chi connectivity index (χ1) is 9.88. The Hall–Kier alpha value is -2.15. The van der Waals surface area contributed by atoms with Crippen molar-refractivity contribution in [1.82, 2.24) is 0 Å². The molecule has 0 bridgehead atoms. The van der Waals surface area contributed by atoms with Crippen LogP contribution in [0.4, 0.5) is 13.2 Å². The number of halogens is 3. The highest BCUT2D eigenvalue weighted by atomic mass is 19.4. The number of hydrogen-bond donors (Lipinski definition) is 1. The van der Waals surface area contributed by atoms with Crippen LogP contribution < -0.4 is 5.73 Å². The zero-order valence-corrected chi connectivity index (χ0v) is 11.6. The predicted octanol–water partition coefficient (Wildman–Crippen LogP) is 4.49. The SMILES string of the molecule is C=C(N)c1ccc(C#CC2=CCCCC2)c(C(F)(F)F)c1. The highest BCUT2D eigenvalue weighted by Gasteiger charge is 2.33. The van der Waals surface area contributed by atoms with Crippen LogP contribution in [0.15, 0.2) is 36.4 Å². The van der Waals surface area contributed by atoms with Crippen molar-refractivity contribution in [2.45, 2.75) is 31.9 Å². The molecule has 4 heteroatoms. The van der Waals surface area contributed by atoms with E-state index in [4.69, 9.17) is 5.73 Å². The van der Waals surface area contributed by atoms with Gasteiger partial charge in [-0.1, -0.05) is 30.6 Å². The summed E-state index contributed by atoms with van der Waals surface area (Å²) in [7, 11) is 0. The Balaban J connectivity index is 2.41. The van der Waals surface area contributed by atoms with E-state index in [1.165, 1.54) is 12.1 Å². The molecular formula is C17H16F3N. The van der Waals surface area contributed by atoms with E-state index in [1.807, 2.05) is 6.08 Å². The third kappa shape index (κ3) is 3.91. The van der Waals surface area contributed by atoms with Crippen molar-refractivity contribution in [3.05, 3.63) is 53.1 Å². The average Bonchev–Trinajstić information content (AvgIpc) is 2.45. The fourth-order valence-electron chi connectivity index (χ4n) is 2.19. The van der Waals surface area contributed by atoms with Gasteiger partial charge in [0.05, 0.1) is 5.56 Å². The molecule has 0 amide bonds. The summed E-state index contributed by atoms with van der Waals surface area (Å²) in [5.41, 5.74) is 5.96. The molecule has 0 aliphatic heterocycles. The first kappa shape index (κ1) is 15.2. The summed E-state index contributed by atoms with van der Waals surface area (Å²) in [6, 6.07) is 3.87. The molecule has 21 heavy (non-hydrogen) atoms. The van der Waals surface area contributed by atoms with Gasteiger partial charge in [0.25, 0.3) is 0 Å². The largest absolute Gasteiger partial charge is 0.417 e. The highest BCUT2D eigenvalue weighted by Crippen LogP contribution is 2.33. The third-order valence-electron chi connectivity index (χ3n) is 3.34. The predicted molar refractivity (Wildman–Crippen MR) is 78.1 cm³/mol. The van der Waals surface area contributed by atoms with Crippen molar-refractivity contribution < 1.29 is 13.2 Å². The van der Waals surface area contributed by atoms with Crippen LogP contribution in [0.25, 0.3) is 5.70 Å². The quantitative estimate of drug-likeness (QED) is 0.758. The van der Waals surface area contributed by atoms with E-state index >= 15 is 0 Å². The van der Waals surface area contributed by atoms with Crippen molar-refractivity contribution in [2.75, 3.05) is 0 Å². The van der Waals surface area contributed by atoms with Gasteiger partial charge in [0.15, 0.2) is 0 Å². The Labute approximate surface area is 122 Å². The summed E-state index contributed by atoms with van der Waals surface area (Å²) >= 11 is 0. The molecule has 1 aromatic rings. The normalized spacial score (nSPS) is 14.9. The van der Waals surface area contributed by atoms with Crippen LogP contribution >= 0.6 is 0 Å². The number of hydrogen-bond acceptors (Lipinski definition) is 1. The lowest BCUT2D eigenvalue weighted by Gasteiger charge is -2.11. The second-order valence-electron chi connectivity index (χ2n) is 5.01. The summed E-state index contributed by atoms with van der Waals surface area (Å²) in [6.07, 6.45) is 1.48. The van der Waals surface area contributed by atoms with Crippen LogP contribution in [0.5, 0.6) is 0 Å². The first-order valence-electron chi connectivity index (χ1n) is 6.75. The summed E-state index contributed by atoms with van der Waals surface area (Å²) in [5.74, 6) is 5.50. The second-order valence-corrected chi connectivity index (χ2v) is 5.01. The van der Waals surface area contributed by atoms with Crippen LogP contribution in [0.1, 0.15) is 42.4 Å². The molecule has 1 nitrogen and oxygen atoms in total. The zero-order valence-electron chi connectivity index (χ0n) is 11.6. The maximum absolute atomic E-state index is 13.1. The second kappa shape index (κ2) is 6.09. The average molecular weight is 291 g/mol. The van der Waals surface area contributed by atoms with Crippen LogP contribution in [-0.4, -0.2) is 0 Å². The Bertz CT molecular complexity index is 642. The van der Waals surface area contributed by atoms with E-state index in [1.54, 1.807) is 0 Å². The molecule has 0 aromatic heterocycles. The van der Waals surface area contributed by atoms with Crippen LogP contribution in [0.3, 0.4) is 0 Å². The fourth-order valence-corrected chi connectivity index (χ4v) is 2.19. The molecule has 2 N–H and O–H groups in total. The van der Waals surface area contributed by atoms with Crippen LogP contribution in [-0.2, 0) is 6.18 Å². The molecule has 0 saturated heterocycles. The van der Waals surface area contributed by atoms with E-state index in [9.17, 15) is 13.2 Å². The number of benzene rings is 1. The lowest BCUT2D eigenvalue weighted by molar-refractivity contribution is -0.137. The topological polar surface area (TPSA) is 26.0 Å². The van der Waals surface area contributed by atoms with Crippen LogP contribution in [0, 0.1) is 11.8 Å². The molecule has 1 aliphatic carbocycles. The van der Waals surface area contributed by atoms with Gasteiger partial charge in [-0.25, -0.2) is 0 Å². The van der Waals surface area contributed by atoms with Gasteiger partial charge >= 0.3 is 6.18 Å². The maximum atomic E-state index is 13.1. The standard InChI is InChI=1S/C17H16F3N/c1-12(21)15-10-9-14(16(11-15)17(18,19)20)8-7-13-5-3-2-4-6-13/h5,9-11H,1-4,6,21H2. The van der Waals surface area contributed by atoms with E-state index < -0.39 is 11.7 Å². The number of rotatable bonds is 1.